The number of fused-ring (bicyclic) bond motifs is 2. The predicted molar refractivity (Wildman–Crippen MR) is 49.2 cm³/mol. The Morgan fingerprint density at radius 2 is 1.92 bits per heavy atom. The summed E-state index contributed by atoms with van der Waals surface area (Å²) in [4.78, 5) is 2.58. The monoisotopic (exact) mass is 169 g/mol. The Bertz CT molecular complexity index is 137. The molecule has 2 unspecified atom stereocenters. The van der Waals surface area contributed by atoms with Gasteiger partial charge in [0.25, 0.3) is 0 Å². The third kappa shape index (κ3) is 1.80. The Balaban J connectivity index is 1.78. The van der Waals surface area contributed by atoms with Crippen molar-refractivity contribution in [1.82, 2.24) is 4.90 Å². The lowest BCUT2D eigenvalue weighted by atomic mass is 10.2. The van der Waals surface area contributed by atoms with Gasteiger partial charge in [0.1, 0.15) is 0 Å². The van der Waals surface area contributed by atoms with Gasteiger partial charge in [0.2, 0.25) is 0 Å². The Kier molecular flexibility index (Phi) is 2.66. The van der Waals surface area contributed by atoms with Crippen LogP contribution in [0.2, 0.25) is 0 Å². The molecule has 0 spiro atoms. The number of hydrogen-bond donors (Lipinski definition) is 0. The van der Waals surface area contributed by atoms with Gasteiger partial charge in [0.15, 0.2) is 0 Å². The van der Waals surface area contributed by atoms with E-state index in [2.05, 4.69) is 11.8 Å². The van der Waals surface area contributed by atoms with E-state index in [1.54, 1.807) is 0 Å². The molecule has 0 aliphatic carbocycles. The molecule has 0 saturated carbocycles. The Morgan fingerprint density at radius 3 is 2.50 bits per heavy atom. The van der Waals surface area contributed by atoms with E-state index in [-0.39, 0.29) is 0 Å². The first-order valence-corrected chi connectivity index (χ1v) is 5.26. The maximum absolute atomic E-state index is 5.77. The number of nitrogens with zero attached hydrogens (tertiary/aromatic N) is 1. The molecule has 0 amide bonds. The number of morpholine rings is 1. The van der Waals surface area contributed by atoms with E-state index >= 15 is 0 Å². The lowest BCUT2D eigenvalue weighted by Crippen LogP contribution is -2.42. The van der Waals surface area contributed by atoms with Crippen LogP contribution in [0, 0.1) is 0 Å². The highest BCUT2D eigenvalue weighted by Crippen LogP contribution is 2.26. The van der Waals surface area contributed by atoms with E-state index in [1.807, 2.05) is 0 Å². The van der Waals surface area contributed by atoms with Crippen molar-refractivity contribution in [3.05, 3.63) is 0 Å². The lowest BCUT2D eigenvalue weighted by molar-refractivity contribution is -0.0384. The highest BCUT2D eigenvalue weighted by Gasteiger charge is 2.32. The summed E-state index contributed by atoms with van der Waals surface area (Å²) in [6.45, 7) is 5.93. The lowest BCUT2D eigenvalue weighted by Gasteiger charge is -2.31. The maximum atomic E-state index is 5.77. The van der Waals surface area contributed by atoms with Gasteiger partial charge in [-0.15, -0.1) is 0 Å². The molecule has 2 heteroatoms. The van der Waals surface area contributed by atoms with Crippen LogP contribution in [0.25, 0.3) is 0 Å². The average molecular weight is 169 g/mol. The van der Waals surface area contributed by atoms with Crippen LogP contribution in [0.3, 0.4) is 0 Å². The maximum Gasteiger partial charge on any atom is 0.0707 e. The Hall–Kier alpha value is -0.0800. The zero-order valence-electron chi connectivity index (χ0n) is 7.96. The van der Waals surface area contributed by atoms with E-state index in [0.717, 1.165) is 0 Å². The van der Waals surface area contributed by atoms with Crippen molar-refractivity contribution in [2.75, 3.05) is 19.6 Å². The number of ether oxygens (including phenoxy) is 1. The summed E-state index contributed by atoms with van der Waals surface area (Å²) in [6.07, 6.45) is 6.40. The first-order valence-electron chi connectivity index (χ1n) is 5.26. The molecule has 2 fully saturated rings. The molecule has 2 aliphatic heterocycles. The number of hydrogen-bond acceptors (Lipinski definition) is 2. The topological polar surface area (TPSA) is 12.5 Å². The molecule has 0 aromatic carbocycles. The van der Waals surface area contributed by atoms with E-state index in [0.29, 0.717) is 12.2 Å². The Labute approximate surface area is 74.9 Å². The summed E-state index contributed by atoms with van der Waals surface area (Å²) in [6, 6.07) is 0. The number of rotatable bonds is 3. The second-order valence-corrected chi connectivity index (χ2v) is 4.07. The highest BCUT2D eigenvalue weighted by atomic mass is 16.5. The van der Waals surface area contributed by atoms with Gasteiger partial charge in [-0.25, -0.2) is 0 Å². The normalized spacial score (nSPS) is 35.8. The molecular formula is C10H19NO. The summed E-state index contributed by atoms with van der Waals surface area (Å²) < 4.78 is 5.77. The van der Waals surface area contributed by atoms with E-state index in [4.69, 9.17) is 4.74 Å². The molecule has 0 aromatic heterocycles. The van der Waals surface area contributed by atoms with Crippen molar-refractivity contribution >= 4 is 0 Å². The zero-order valence-corrected chi connectivity index (χ0v) is 7.96. The molecule has 2 aliphatic rings. The third-order valence-electron chi connectivity index (χ3n) is 2.95. The van der Waals surface area contributed by atoms with Crippen LogP contribution in [-0.2, 0) is 4.74 Å². The molecule has 2 rings (SSSR count). The second-order valence-electron chi connectivity index (χ2n) is 4.07. The molecule has 2 bridgehead atoms. The summed E-state index contributed by atoms with van der Waals surface area (Å²) >= 11 is 0. The average Bonchev–Trinajstić information content (AvgIpc) is 2.42. The third-order valence-corrected chi connectivity index (χ3v) is 2.95. The van der Waals surface area contributed by atoms with Gasteiger partial charge in [-0.05, 0) is 25.8 Å². The van der Waals surface area contributed by atoms with Gasteiger partial charge in [0.05, 0.1) is 12.2 Å². The van der Waals surface area contributed by atoms with Crippen molar-refractivity contribution in [2.24, 2.45) is 0 Å². The highest BCUT2D eigenvalue weighted by molar-refractivity contribution is 4.84. The molecule has 12 heavy (non-hydrogen) atoms. The van der Waals surface area contributed by atoms with Crippen molar-refractivity contribution < 1.29 is 4.74 Å². The first kappa shape index (κ1) is 8.52. The van der Waals surface area contributed by atoms with Gasteiger partial charge in [0, 0.05) is 13.1 Å². The van der Waals surface area contributed by atoms with Crippen molar-refractivity contribution in [3.8, 4) is 0 Å². The summed E-state index contributed by atoms with van der Waals surface area (Å²) in [5.74, 6) is 0. The quantitative estimate of drug-likeness (QED) is 0.637. The minimum absolute atomic E-state index is 0.570. The summed E-state index contributed by atoms with van der Waals surface area (Å²) in [7, 11) is 0. The van der Waals surface area contributed by atoms with Gasteiger partial charge in [-0.1, -0.05) is 13.3 Å². The second kappa shape index (κ2) is 3.75. The molecule has 2 atom stereocenters. The van der Waals surface area contributed by atoms with E-state index in [9.17, 15) is 0 Å². The molecule has 2 heterocycles. The van der Waals surface area contributed by atoms with Crippen molar-refractivity contribution in [2.45, 2.75) is 44.8 Å². The van der Waals surface area contributed by atoms with E-state index in [1.165, 1.54) is 45.3 Å². The molecule has 2 saturated heterocycles. The number of likely N-dealkylation sites (tertiary alicyclic amines) is 1. The smallest absolute Gasteiger partial charge is 0.0707 e. The van der Waals surface area contributed by atoms with Crippen LogP contribution in [0.5, 0.6) is 0 Å². The van der Waals surface area contributed by atoms with Crippen LogP contribution in [-0.4, -0.2) is 36.7 Å². The Morgan fingerprint density at radius 1 is 1.25 bits per heavy atom. The fraction of sp³-hybridized carbons (Fsp3) is 1.00. The molecule has 0 N–H and O–H groups in total. The van der Waals surface area contributed by atoms with Crippen LogP contribution in [0.1, 0.15) is 32.6 Å². The van der Waals surface area contributed by atoms with Gasteiger partial charge >= 0.3 is 0 Å². The van der Waals surface area contributed by atoms with Crippen LogP contribution >= 0.6 is 0 Å². The number of unbranched alkanes of at least 4 members (excludes halogenated alkanes) is 1. The summed E-state index contributed by atoms with van der Waals surface area (Å²) in [5, 5.41) is 0. The fourth-order valence-corrected chi connectivity index (χ4v) is 2.26. The fourth-order valence-electron chi connectivity index (χ4n) is 2.26. The molecule has 0 radical (unpaired) electrons. The molecule has 70 valence electrons. The minimum atomic E-state index is 0.570. The van der Waals surface area contributed by atoms with Crippen LogP contribution < -0.4 is 0 Å². The van der Waals surface area contributed by atoms with Crippen molar-refractivity contribution in [1.29, 1.82) is 0 Å². The minimum Gasteiger partial charge on any atom is -0.372 e. The molecular weight excluding hydrogens is 150 g/mol. The molecule has 0 aromatic rings. The predicted octanol–water partition coefficient (Wildman–Crippen LogP) is 1.65. The van der Waals surface area contributed by atoms with Gasteiger partial charge < -0.3 is 4.74 Å². The first-order chi connectivity index (χ1) is 5.88. The van der Waals surface area contributed by atoms with Gasteiger partial charge in [-0.3, -0.25) is 4.90 Å². The zero-order chi connectivity index (χ0) is 8.39. The SMILES string of the molecule is CCCCN1CC2CCC(C1)O2. The van der Waals surface area contributed by atoms with Crippen LogP contribution in [0.15, 0.2) is 0 Å². The molecule has 2 nitrogen and oxygen atoms in total. The largest absolute Gasteiger partial charge is 0.372 e. The van der Waals surface area contributed by atoms with Crippen LogP contribution in [0.4, 0.5) is 0 Å². The summed E-state index contributed by atoms with van der Waals surface area (Å²) in [5.41, 5.74) is 0. The van der Waals surface area contributed by atoms with Crippen molar-refractivity contribution in [3.63, 3.8) is 0 Å². The standard InChI is InChI=1S/C10H19NO/c1-2-3-6-11-7-9-4-5-10(8-11)12-9/h9-10H,2-8H2,1H3. The van der Waals surface area contributed by atoms with Gasteiger partial charge in [-0.2, -0.15) is 0 Å². The van der Waals surface area contributed by atoms with E-state index < -0.39 is 0 Å².